The molecule has 0 spiro atoms. The fourth-order valence-electron chi connectivity index (χ4n) is 3.67. The molecule has 2 aromatic heterocycles. The Morgan fingerprint density at radius 2 is 2.00 bits per heavy atom. The molecule has 27 heavy (non-hydrogen) atoms. The van der Waals surface area contributed by atoms with Gasteiger partial charge in [0.2, 0.25) is 5.91 Å². The largest absolute Gasteiger partial charge is 0.369 e. The number of hydrogen-bond donors (Lipinski definition) is 0. The number of pyridine rings is 1. The number of anilines is 1. The first-order valence-electron chi connectivity index (χ1n) is 9.44. The molecule has 0 aliphatic carbocycles. The van der Waals surface area contributed by atoms with E-state index in [2.05, 4.69) is 33.2 Å². The molecule has 0 unspecified atom stereocenters. The standard InChI is InChI=1S/C20H24N6O/c1-16-15-21-9-7-18(16)24-10-4-11-25(14-13-24)20(27)8-12-26-19-6-3-2-5-17(19)22-23-26/h2-3,5-7,9,15H,4,8,10-14H2,1H3. The van der Waals surface area contributed by atoms with E-state index >= 15 is 0 Å². The summed E-state index contributed by atoms with van der Waals surface area (Å²) >= 11 is 0. The summed E-state index contributed by atoms with van der Waals surface area (Å²) < 4.78 is 1.82. The summed E-state index contributed by atoms with van der Waals surface area (Å²) in [6.45, 7) is 6.00. The lowest BCUT2D eigenvalue weighted by molar-refractivity contribution is -0.131. The Hall–Kier alpha value is -2.96. The van der Waals surface area contributed by atoms with Crippen molar-refractivity contribution in [3.63, 3.8) is 0 Å². The lowest BCUT2D eigenvalue weighted by Gasteiger charge is -2.25. The number of benzene rings is 1. The summed E-state index contributed by atoms with van der Waals surface area (Å²) in [5.74, 6) is 0.183. The van der Waals surface area contributed by atoms with Crippen molar-refractivity contribution in [3.8, 4) is 0 Å². The van der Waals surface area contributed by atoms with Gasteiger partial charge < -0.3 is 9.80 Å². The Morgan fingerprint density at radius 1 is 1.11 bits per heavy atom. The molecule has 1 saturated heterocycles. The van der Waals surface area contributed by atoms with Crippen LogP contribution in [0.25, 0.3) is 11.0 Å². The molecule has 0 N–H and O–H groups in total. The molecule has 3 aromatic rings. The highest BCUT2D eigenvalue weighted by Gasteiger charge is 2.20. The zero-order valence-corrected chi connectivity index (χ0v) is 15.6. The second-order valence-corrected chi connectivity index (χ2v) is 6.93. The van der Waals surface area contributed by atoms with Gasteiger partial charge in [-0.25, -0.2) is 4.68 Å². The molecule has 3 heterocycles. The smallest absolute Gasteiger partial charge is 0.224 e. The highest BCUT2D eigenvalue weighted by Crippen LogP contribution is 2.20. The van der Waals surface area contributed by atoms with Crippen LogP contribution in [0, 0.1) is 6.92 Å². The van der Waals surface area contributed by atoms with Crippen molar-refractivity contribution in [2.75, 3.05) is 31.1 Å². The predicted molar refractivity (Wildman–Crippen MR) is 105 cm³/mol. The van der Waals surface area contributed by atoms with Crippen LogP contribution in [-0.2, 0) is 11.3 Å². The quantitative estimate of drug-likeness (QED) is 0.710. The van der Waals surface area contributed by atoms with Gasteiger partial charge in [0.1, 0.15) is 5.52 Å². The maximum atomic E-state index is 12.7. The van der Waals surface area contributed by atoms with E-state index in [1.807, 2.05) is 46.2 Å². The minimum atomic E-state index is 0.183. The number of carbonyl (C=O) groups excluding carboxylic acids is 1. The molecular formula is C20H24N6O. The van der Waals surface area contributed by atoms with Gasteiger partial charge in [-0.3, -0.25) is 9.78 Å². The van der Waals surface area contributed by atoms with Crippen LogP contribution in [0.2, 0.25) is 0 Å². The molecule has 1 fully saturated rings. The van der Waals surface area contributed by atoms with Gasteiger partial charge in [0.25, 0.3) is 0 Å². The van der Waals surface area contributed by atoms with Crippen molar-refractivity contribution in [1.29, 1.82) is 0 Å². The molecule has 0 bridgehead atoms. The number of fused-ring (bicyclic) bond motifs is 1. The SMILES string of the molecule is Cc1cnccc1N1CCCN(C(=O)CCn2nnc3ccccc32)CC1. The molecule has 0 atom stereocenters. The number of rotatable bonds is 4. The van der Waals surface area contributed by atoms with Crippen LogP contribution < -0.4 is 4.90 Å². The minimum absolute atomic E-state index is 0.183. The maximum absolute atomic E-state index is 12.7. The molecule has 4 rings (SSSR count). The van der Waals surface area contributed by atoms with Crippen molar-refractivity contribution < 1.29 is 4.79 Å². The van der Waals surface area contributed by atoms with Crippen LogP contribution in [0.5, 0.6) is 0 Å². The summed E-state index contributed by atoms with van der Waals surface area (Å²) in [4.78, 5) is 21.2. The van der Waals surface area contributed by atoms with Gasteiger partial charge in [0.15, 0.2) is 0 Å². The third kappa shape index (κ3) is 3.77. The van der Waals surface area contributed by atoms with Crippen LogP contribution >= 0.6 is 0 Å². The molecule has 1 aliphatic rings. The van der Waals surface area contributed by atoms with Gasteiger partial charge in [-0.1, -0.05) is 17.3 Å². The van der Waals surface area contributed by atoms with E-state index in [9.17, 15) is 4.79 Å². The van der Waals surface area contributed by atoms with E-state index in [-0.39, 0.29) is 5.91 Å². The number of aryl methyl sites for hydroxylation is 2. The van der Waals surface area contributed by atoms with E-state index in [4.69, 9.17) is 0 Å². The van der Waals surface area contributed by atoms with Gasteiger partial charge >= 0.3 is 0 Å². The van der Waals surface area contributed by atoms with Crippen molar-refractivity contribution in [2.45, 2.75) is 26.3 Å². The van der Waals surface area contributed by atoms with Crippen molar-refractivity contribution >= 4 is 22.6 Å². The van der Waals surface area contributed by atoms with Crippen LogP contribution in [0.4, 0.5) is 5.69 Å². The highest BCUT2D eigenvalue weighted by molar-refractivity contribution is 5.77. The minimum Gasteiger partial charge on any atom is -0.369 e. The Labute approximate surface area is 158 Å². The molecule has 1 aromatic carbocycles. The van der Waals surface area contributed by atoms with Gasteiger partial charge in [0.05, 0.1) is 12.1 Å². The lowest BCUT2D eigenvalue weighted by atomic mass is 10.2. The highest BCUT2D eigenvalue weighted by atomic mass is 16.2. The number of hydrogen-bond acceptors (Lipinski definition) is 5. The Morgan fingerprint density at radius 3 is 2.89 bits per heavy atom. The number of amides is 1. The zero-order valence-electron chi connectivity index (χ0n) is 15.6. The van der Waals surface area contributed by atoms with Gasteiger partial charge in [-0.2, -0.15) is 0 Å². The predicted octanol–water partition coefficient (Wildman–Crippen LogP) is 2.26. The van der Waals surface area contributed by atoms with Crippen LogP contribution in [-0.4, -0.2) is 57.0 Å². The first-order valence-corrected chi connectivity index (χ1v) is 9.44. The molecule has 7 heteroatoms. The molecule has 140 valence electrons. The average Bonchev–Trinajstić information content (AvgIpc) is 2.94. The second kappa shape index (κ2) is 7.73. The van der Waals surface area contributed by atoms with E-state index < -0.39 is 0 Å². The second-order valence-electron chi connectivity index (χ2n) is 6.93. The molecule has 7 nitrogen and oxygen atoms in total. The molecule has 0 radical (unpaired) electrons. The molecule has 1 aliphatic heterocycles. The van der Waals surface area contributed by atoms with Gasteiger partial charge in [-0.15, -0.1) is 5.10 Å². The normalized spacial score (nSPS) is 15.1. The number of nitrogens with zero attached hydrogens (tertiary/aromatic N) is 6. The van der Waals surface area contributed by atoms with Crippen molar-refractivity contribution in [1.82, 2.24) is 24.9 Å². The first kappa shape index (κ1) is 17.5. The Bertz CT molecular complexity index is 937. The molecule has 1 amide bonds. The van der Waals surface area contributed by atoms with Crippen LogP contribution in [0.15, 0.2) is 42.7 Å². The van der Waals surface area contributed by atoms with Crippen molar-refractivity contribution in [3.05, 3.63) is 48.3 Å². The number of para-hydroxylation sites is 1. The fraction of sp³-hybridized carbons (Fsp3) is 0.400. The van der Waals surface area contributed by atoms with Crippen LogP contribution in [0.1, 0.15) is 18.4 Å². The number of aromatic nitrogens is 4. The summed E-state index contributed by atoms with van der Waals surface area (Å²) in [5, 5.41) is 8.33. The fourth-order valence-corrected chi connectivity index (χ4v) is 3.67. The lowest BCUT2D eigenvalue weighted by Crippen LogP contribution is -2.35. The van der Waals surface area contributed by atoms with E-state index in [0.717, 1.165) is 43.6 Å². The van der Waals surface area contributed by atoms with Crippen molar-refractivity contribution in [2.24, 2.45) is 0 Å². The Kier molecular flexibility index (Phi) is 5.00. The third-order valence-electron chi connectivity index (χ3n) is 5.14. The van der Waals surface area contributed by atoms with E-state index in [1.54, 1.807) is 0 Å². The van der Waals surface area contributed by atoms with Gasteiger partial charge in [0, 0.05) is 50.7 Å². The van der Waals surface area contributed by atoms with E-state index in [1.165, 1.54) is 11.3 Å². The van der Waals surface area contributed by atoms with Gasteiger partial charge in [-0.05, 0) is 37.1 Å². The summed E-state index contributed by atoms with van der Waals surface area (Å²) in [5.41, 5.74) is 4.23. The number of carbonyl (C=O) groups is 1. The zero-order chi connectivity index (χ0) is 18.6. The summed E-state index contributed by atoms with van der Waals surface area (Å²) in [6.07, 6.45) is 5.14. The van der Waals surface area contributed by atoms with Crippen LogP contribution in [0.3, 0.4) is 0 Å². The van der Waals surface area contributed by atoms with E-state index in [0.29, 0.717) is 13.0 Å². The monoisotopic (exact) mass is 364 g/mol. The first-order chi connectivity index (χ1) is 13.2. The summed E-state index contributed by atoms with van der Waals surface area (Å²) in [6, 6.07) is 9.89. The molecular weight excluding hydrogens is 340 g/mol. The third-order valence-corrected chi connectivity index (χ3v) is 5.14. The maximum Gasteiger partial charge on any atom is 0.224 e. The Balaban J connectivity index is 1.36. The average molecular weight is 364 g/mol. The topological polar surface area (TPSA) is 67.2 Å². The summed E-state index contributed by atoms with van der Waals surface area (Å²) in [7, 11) is 0. The molecule has 0 saturated carbocycles.